The monoisotopic (exact) mass is 397 g/mol. The maximum Gasteiger partial charge on any atom is 0.326 e. The fraction of sp³-hybridized carbons (Fsp3) is 0.588. The van der Waals surface area contributed by atoms with E-state index in [1.807, 2.05) is 6.92 Å². The van der Waals surface area contributed by atoms with Gasteiger partial charge in [0.25, 0.3) is 0 Å². The van der Waals surface area contributed by atoms with Crippen molar-refractivity contribution < 1.29 is 29.4 Å². The number of rotatable bonds is 12. The number of hydrogen-bond acceptors (Lipinski definition) is 6. The van der Waals surface area contributed by atoms with Gasteiger partial charge in [-0.3, -0.25) is 14.4 Å². The molecule has 11 heteroatoms. The molecule has 0 aliphatic heterocycles. The number of nitrogens with zero attached hydrogens (tertiary/aromatic N) is 1. The van der Waals surface area contributed by atoms with Crippen LogP contribution in [0.4, 0.5) is 0 Å². The Morgan fingerprint density at radius 2 is 1.82 bits per heavy atom. The number of hydrogen-bond donors (Lipinski definition) is 6. The van der Waals surface area contributed by atoms with E-state index in [4.69, 9.17) is 10.8 Å². The van der Waals surface area contributed by atoms with Gasteiger partial charge in [-0.05, 0) is 12.3 Å². The molecular formula is C17H27N5O6. The van der Waals surface area contributed by atoms with Gasteiger partial charge in [-0.15, -0.1) is 0 Å². The number of amides is 2. The molecule has 4 atom stereocenters. The van der Waals surface area contributed by atoms with Crippen molar-refractivity contribution in [1.29, 1.82) is 0 Å². The van der Waals surface area contributed by atoms with Gasteiger partial charge >= 0.3 is 11.9 Å². The second-order valence-corrected chi connectivity index (χ2v) is 6.59. The molecule has 0 aliphatic rings. The molecule has 0 saturated carbocycles. The first kappa shape index (κ1) is 23.1. The van der Waals surface area contributed by atoms with Crippen LogP contribution in [0, 0.1) is 5.92 Å². The maximum absolute atomic E-state index is 12.5. The van der Waals surface area contributed by atoms with Crippen molar-refractivity contribution in [2.24, 2.45) is 11.7 Å². The van der Waals surface area contributed by atoms with Gasteiger partial charge in [0.15, 0.2) is 0 Å². The Kier molecular flexibility index (Phi) is 9.09. The van der Waals surface area contributed by atoms with Gasteiger partial charge < -0.3 is 31.6 Å². The van der Waals surface area contributed by atoms with Crippen LogP contribution in [0.3, 0.4) is 0 Å². The predicted octanol–water partition coefficient (Wildman–Crippen LogP) is -0.755. The molecule has 2 amide bonds. The van der Waals surface area contributed by atoms with Crippen molar-refractivity contribution >= 4 is 23.8 Å². The summed E-state index contributed by atoms with van der Waals surface area (Å²) in [5.41, 5.74) is 6.35. The molecule has 1 rings (SSSR count). The average molecular weight is 397 g/mol. The van der Waals surface area contributed by atoms with E-state index in [1.165, 1.54) is 12.5 Å². The topological polar surface area (TPSA) is 188 Å². The smallest absolute Gasteiger partial charge is 0.326 e. The predicted molar refractivity (Wildman–Crippen MR) is 98.1 cm³/mol. The summed E-state index contributed by atoms with van der Waals surface area (Å²) in [6, 6.07) is -3.37. The van der Waals surface area contributed by atoms with E-state index < -0.39 is 41.9 Å². The van der Waals surface area contributed by atoms with Crippen LogP contribution in [0.5, 0.6) is 0 Å². The van der Waals surface area contributed by atoms with Crippen LogP contribution in [0.15, 0.2) is 12.5 Å². The van der Waals surface area contributed by atoms with Crippen LogP contribution in [0.2, 0.25) is 0 Å². The average Bonchev–Trinajstić information content (AvgIpc) is 3.15. The summed E-state index contributed by atoms with van der Waals surface area (Å²) in [6.07, 6.45) is 2.82. The summed E-state index contributed by atoms with van der Waals surface area (Å²) >= 11 is 0. The molecular weight excluding hydrogens is 370 g/mol. The molecule has 1 aromatic rings. The zero-order valence-electron chi connectivity index (χ0n) is 15.8. The highest BCUT2D eigenvalue weighted by Gasteiger charge is 2.29. The standard InChI is InChI=1S/C17H27N5O6/c1-3-9(2)14(18)16(26)21-11(4-5-13(23)24)15(25)22-12(17(27)28)6-10-7-19-8-20-10/h7-9,11-12,14H,3-6,18H2,1-2H3,(H,19,20)(H,21,26)(H,22,25)(H,23,24)(H,27,28). The minimum atomic E-state index is -1.28. The normalized spacial score (nSPS) is 15.1. The zero-order chi connectivity index (χ0) is 21.3. The second kappa shape index (κ2) is 11.0. The summed E-state index contributed by atoms with van der Waals surface area (Å²) in [7, 11) is 0. The van der Waals surface area contributed by atoms with Crippen molar-refractivity contribution in [3.8, 4) is 0 Å². The van der Waals surface area contributed by atoms with Gasteiger partial charge in [0.2, 0.25) is 11.8 Å². The van der Waals surface area contributed by atoms with Gasteiger partial charge in [-0.2, -0.15) is 0 Å². The highest BCUT2D eigenvalue weighted by atomic mass is 16.4. The molecule has 0 aliphatic carbocycles. The van der Waals surface area contributed by atoms with E-state index in [0.717, 1.165) is 0 Å². The van der Waals surface area contributed by atoms with E-state index >= 15 is 0 Å². The fourth-order valence-corrected chi connectivity index (χ4v) is 2.41. The van der Waals surface area contributed by atoms with Crippen molar-refractivity contribution in [2.75, 3.05) is 0 Å². The van der Waals surface area contributed by atoms with Crippen molar-refractivity contribution in [2.45, 2.75) is 57.7 Å². The highest BCUT2D eigenvalue weighted by molar-refractivity contribution is 5.92. The van der Waals surface area contributed by atoms with Gasteiger partial charge in [-0.1, -0.05) is 20.3 Å². The van der Waals surface area contributed by atoms with Crippen LogP contribution in [-0.2, 0) is 25.6 Å². The lowest BCUT2D eigenvalue weighted by molar-refractivity contribution is -0.143. The highest BCUT2D eigenvalue weighted by Crippen LogP contribution is 2.07. The Labute approximate surface area is 162 Å². The van der Waals surface area contributed by atoms with Gasteiger partial charge in [0, 0.05) is 24.7 Å². The molecule has 0 saturated heterocycles. The number of aliphatic carboxylic acids is 2. The van der Waals surface area contributed by atoms with E-state index in [1.54, 1.807) is 6.92 Å². The molecule has 0 aromatic carbocycles. The molecule has 4 unspecified atom stereocenters. The molecule has 1 heterocycles. The third kappa shape index (κ3) is 7.35. The van der Waals surface area contributed by atoms with E-state index in [2.05, 4.69) is 20.6 Å². The van der Waals surface area contributed by atoms with E-state index in [0.29, 0.717) is 12.1 Å². The second-order valence-electron chi connectivity index (χ2n) is 6.59. The Hall–Kier alpha value is -2.95. The van der Waals surface area contributed by atoms with E-state index in [-0.39, 0.29) is 25.2 Å². The number of imidazole rings is 1. The van der Waals surface area contributed by atoms with Crippen LogP contribution >= 0.6 is 0 Å². The summed E-state index contributed by atoms with van der Waals surface area (Å²) < 4.78 is 0. The lowest BCUT2D eigenvalue weighted by atomic mass is 9.98. The number of H-pyrrole nitrogens is 1. The van der Waals surface area contributed by atoms with Gasteiger partial charge in [0.1, 0.15) is 12.1 Å². The van der Waals surface area contributed by atoms with Gasteiger partial charge in [-0.25, -0.2) is 9.78 Å². The lowest BCUT2D eigenvalue weighted by Crippen LogP contribution is -2.55. The number of carbonyl (C=O) groups is 4. The SMILES string of the molecule is CCC(C)C(N)C(=O)NC(CCC(=O)O)C(=O)NC(Cc1cnc[nH]1)C(=O)O. The first-order valence-corrected chi connectivity index (χ1v) is 8.93. The summed E-state index contributed by atoms with van der Waals surface area (Å²) in [5, 5.41) is 23.0. The summed E-state index contributed by atoms with van der Waals surface area (Å²) in [4.78, 5) is 53.7. The fourth-order valence-electron chi connectivity index (χ4n) is 2.41. The summed E-state index contributed by atoms with van der Waals surface area (Å²) in [5.74, 6) is -3.96. The Bertz CT molecular complexity index is 678. The molecule has 28 heavy (non-hydrogen) atoms. The molecule has 0 bridgehead atoms. The molecule has 7 N–H and O–H groups in total. The number of nitrogens with one attached hydrogen (secondary N) is 3. The van der Waals surface area contributed by atoms with Crippen molar-refractivity contribution in [3.63, 3.8) is 0 Å². The molecule has 156 valence electrons. The zero-order valence-corrected chi connectivity index (χ0v) is 15.8. The van der Waals surface area contributed by atoms with Crippen LogP contribution < -0.4 is 16.4 Å². The molecule has 1 aromatic heterocycles. The van der Waals surface area contributed by atoms with E-state index in [9.17, 15) is 24.3 Å². The number of carbonyl (C=O) groups excluding carboxylic acids is 2. The Balaban J connectivity index is 2.85. The third-order valence-electron chi connectivity index (χ3n) is 4.43. The molecule has 0 fully saturated rings. The first-order valence-electron chi connectivity index (χ1n) is 8.93. The number of carboxylic acid groups (broad SMARTS) is 2. The first-order chi connectivity index (χ1) is 13.1. The number of nitrogens with two attached hydrogens (primary N) is 1. The molecule has 0 radical (unpaired) electrons. The largest absolute Gasteiger partial charge is 0.481 e. The van der Waals surface area contributed by atoms with Crippen LogP contribution in [0.1, 0.15) is 38.8 Å². The summed E-state index contributed by atoms with van der Waals surface area (Å²) in [6.45, 7) is 3.64. The Morgan fingerprint density at radius 3 is 2.32 bits per heavy atom. The van der Waals surface area contributed by atoms with Crippen LogP contribution in [0.25, 0.3) is 0 Å². The maximum atomic E-state index is 12.5. The quantitative estimate of drug-likeness (QED) is 0.265. The van der Waals surface area contributed by atoms with Gasteiger partial charge in [0.05, 0.1) is 12.4 Å². The minimum Gasteiger partial charge on any atom is -0.481 e. The van der Waals surface area contributed by atoms with Crippen molar-refractivity contribution in [3.05, 3.63) is 18.2 Å². The number of aromatic nitrogens is 2. The van der Waals surface area contributed by atoms with Crippen molar-refractivity contribution in [1.82, 2.24) is 20.6 Å². The minimum absolute atomic E-state index is 0.0486. The number of carboxylic acids is 2. The molecule has 0 spiro atoms. The molecule has 11 nitrogen and oxygen atoms in total. The van der Waals surface area contributed by atoms with Crippen LogP contribution in [-0.4, -0.2) is 62.1 Å². The lowest BCUT2D eigenvalue weighted by Gasteiger charge is -2.24. The third-order valence-corrected chi connectivity index (χ3v) is 4.43. The Morgan fingerprint density at radius 1 is 1.18 bits per heavy atom. The number of aromatic amines is 1.